The molecule has 0 atom stereocenters. The van der Waals surface area contributed by atoms with E-state index in [-0.39, 0.29) is 22.9 Å². The summed E-state index contributed by atoms with van der Waals surface area (Å²) >= 11 is 12.0. The second kappa shape index (κ2) is 9.52. The van der Waals surface area contributed by atoms with E-state index in [2.05, 4.69) is 4.72 Å². The van der Waals surface area contributed by atoms with E-state index in [0.29, 0.717) is 16.6 Å². The number of hydrogen-bond acceptors (Lipinski definition) is 3. The van der Waals surface area contributed by atoms with Gasteiger partial charge >= 0.3 is 0 Å². The Labute approximate surface area is 187 Å². The third-order valence-electron chi connectivity index (χ3n) is 4.75. The topological polar surface area (TPSA) is 66.5 Å². The average Bonchev–Trinajstić information content (AvgIpc) is 3.50. The van der Waals surface area contributed by atoms with Gasteiger partial charge in [-0.25, -0.2) is 13.1 Å². The fraction of sp³-hybridized carbons (Fsp3) is 0.318. The van der Waals surface area contributed by atoms with E-state index >= 15 is 0 Å². The molecule has 0 heterocycles. The summed E-state index contributed by atoms with van der Waals surface area (Å²) in [5.41, 5.74) is 1.63. The quantitative estimate of drug-likeness (QED) is 0.563. The maximum absolute atomic E-state index is 12.7. The lowest BCUT2D eigenvalue weighted by molar-refractivity contribution is -0.128. The minimum absolute atomic E-state index is 0.0161. The van der Waals surface area contributed by atoms with Crippen molar-refractivity contribution in [2.75, 3.05) is 0 Å². The van der Waals surface area contributed by atoms with E-state index < -0.39 is 10.0 Å². The number of nitrogens with one attached hydrogen (secondary N) is 1. The number of halogens is 2. The predicted molar refractivity (Wildman–Crippen MR) is 121 cm³/mol. The highest BCUT2D eigenvalue weighted by atomic mass is 35.5. The molecular weight excluding hydrogens is 443 g/mol. The molecule has 0 bridgehead atoms. The fourth-order valence-electron chi connectivity index (χ4n) is 2.86. The van der Waals surface area contributed by atoms with Crippen molar-refractivity contribution < 1.29 is 13.2 Å². The van der Waals surface area contributed by atoms with Crippen molar-refractivity contribution in [3.8, 4) is 0 Å². The molecule has 5 nitrogen and oxygen atoms in total. The first-order valence-corrected chi connectivity index (χ1v) is 11.9. The van der Waals surface area contributed by atoms with Gasteiger partial charge in [0.15, 0.2) is 0 Å². The molecule has 0 aliphatic heterocycles. The smallest absolute Gasteiger partial charge is 0.247 e. The molecular formula is C22H24Cl2N2O3S. The number of nitrogens with zero attached hydrogens (tertiary/aromatic N) is 1. The van der Waals surface area contributed by atoms with Crippen molar-refractivity contribution in [1.29, 1.82) is 0 Å². The monoisotopic (exact) mass is 466 g/mol. The molecule has 0 spiro atoms. The summed E-state index contributed by atoms with van der Waals surface area (Å²) in [6, 6.07) is 11.8. The van der Waals surface area contributed by atoms with Crippen LogP contribution in [0.3, 0.4) is 0 Å². The first-order valence-electron chi connectivity index (χ1n) is 9.71. The Morgan fingerprint density at radius 3 is 2.37 bits per heavy atom. The summed E-state index contributed by atoms with van der Waals surface area (Å²) in [6.45, 7) is 4.29. The Hall–Kier alpha value is -1.86. The van der Waals surface area contributed by atoms with Gasteiger partial charge in [-0.2, -0.15) is 0 Å². The summed E-state index contributed by atoms with van der Waals surface area (Å²) in [4.78, 5) is 14.7. The van der Waals surface area contributed by atoms with Crippen LogP contribution < -0.4 is 4.72 Å². The highest BCUT2D eigenvalue weighted by Crippen LogP contribution is 2.24. The van der Waals surface area contributed by atoms with Gasteiger partial charge in [-0.05, 0) is 68.2 Å². The maximum atomic E-state index is 12.7. The third-order valence-corrected chi connectivity index (χ3v) is 7.03. The van der Waals surface area contributed by atoms with Crippen LogP contribution in [0.2, 0.25) is 10.0 Å². The number of benzene rings is 2. The summed E-state index contributed by atoms with van der Waals surface area (Å²) < 4.78 is 27.1. The third kappa shape index (κ3) is 6.08. The molecule has 8 heteroatoms. The molecule has 30 heavy (non-hydrogen) atoms. The normalized spacial score (nSPS) is 14.4. The van der Waals surface area contributed by atoms with Gasteiger partial charge in [0.05, 0.1) is 14.9 Å². The molecule has 3 rings (SSSR count). The van der Waals surface area contributed by atoms with Crippen molar-refractivity contribution in [3.05, 3.63) is 69.7 Å². The van der Waals surface area contributed by atoms with Crippen molar-refractivity contribution in [2.45, 2.75) is 50.2 Å². The van der Waals surface area contributed by atoms with E-state index in [1.54, 1.807) is 47.4 Å². The van der Waals surface area contributed by atoms with Crippen molar-refractivity contribution in [1.82, 2.24) is 9.62 Å². The Kier molecular flexibility index (Phi) is 7.24. The van der Waals surface area contributed by atoms with Crippen LogP contribution in [-0.4, -0.2) is 31.3 Å². The van der Waals surface area contributed by atoms with Crippen molar-refractivity contribution in [3.63, 3.8) is 0 Å². The van der Waals surface area contributed by atoms with Gasteiger partial charge < -0.3 is 4.90 Å². The second-order valence-electron chi connectivity index (χ2n) is 7.61. The lowest BCUT2D eigenvalue weighted by atomic mass is 10.1. The predicted octanol–water partition coefficient (Wildman–Crippen LogP) is 4.88. The van der Waals surface area contributed by atoms with Gasteiger partial charge in [0.1, 0.15) is 0 Å². The summed E-state index contributed by atoms with van der Waals surface area (Å²) in [5, 5.41) is 0.924. The number of sulfonamides is 1. The van der Waals surface area contributed by atoms with E-state index in [1.807, 2.05) is 19.9 Å². The van der Waals surface area contributed by atoms with Crippen LogP contribution in [0.15, 0.2) is 53.4 Å². The molecule has 0 saturated heterocycles. The standard InChI is InChI=1S/C22H24Cl2N2O3S/c1-15(2)26(14-17-5-11-20(23)21(24)13-17)22(27)12-6-16-3-9-19(10-4-16)30(28,29)25-18-7-8-18/h3-6,9-13,15,18,25H,7-8,14H2,1-2H3/b12-6+. The van der Waals surface area contributed by atoms with Crippen molar-refractivity contribution in [2.24, 2.45) is 0 Å². The van der Waals surface area contributed by atoms with Crippen LogP contribution in [0.1, 0.15) is 37.8 Å². The Balaban J connectivity index is 1.68. The van der Waals surface area contributed by atoms with Crippen LogP contribution in [0, 0.1) is 0 Å². The van der Waals surface area contributed by atoms with Gasteiger partial charge in [0.25, 0.3) is 0 Å². The van der Waals surface area contributed by atoms with Gasteiger partial charge in [0, 0.05) is 24.7 Å². The molecule has 2 aromatic rings. The van der Waals surface area contributed by atoms with E-state index in [1.165, 1.54) is 6.08 Å². The fourth-order valence-corrected chi connectivity index (χ4v) is 4.49. The molecule has 1 aliphatic rings. The van der Waals surface area contributed by atoms with Crippen LogP contribution in [0.4, 0.5) is 0 Å². The average molecular weight is 467 g/mol. The molecule has 0 aromatic heterocycles. The molecule has 2 aromatic carbocycles. The molecule has 1 aliphatic carbocycles. The molecule has 160 valence electrons. The zero-order valence-electron chi connectivity index (χ0n) is 16.8. The van der Waals surface area contributed by atoms with Gasteiger partial charge in [-0.15, -0.1) is 0 Å². The molecule has 1 amide bonds. The van der Waals surface area contributed by atoms with Crippen LogP contribution >= 0.6 is 23.2 Å². The van der Waals surface area contributed by atoms with Gasteiger partial charge in [0.2, 0.25) is 15.9 Å². The Bertz CT molecular complexity index is 1050. The summed E-state index contributed by atoms with van der Waals surface area (Å²) in [6.07, 6.45) is 4.94. The molecule has 1 N–H and O–H groups in total. The lowest BCUT2D eigenvalue weighted by Crippen LogP contribution is -2.35. The van der Waals surface area contributed by atoms with Gasteiger partial charge in [-0.3, -0.25) is 4.79 Å². The summed E-state index contributed by atoms with van der Waals surface area (Å²) in [5.74, 6) is -0.150. The highest BCUT2D eigenvalue weighted by Gasteiger charge is 2.27. The van der Waals surface area contributed by atoms with E-state index in [9.17, 15) is 13.2 Å². The molecule has 0 unspecified atom stereocenters. The minimum Gasteiger partial charge on any atom is -0.332 e. The van der Waals surface area contributed by atoms with Crippen LogP contribution in [0.25, 0.3) is 6.08 Å². The SMILES string of the molecule is CC(C)N(Cc1ccc(Cl)c(Cl)c1)C(=O)/C=C/c1ccc(S(=O)(=O)NC2CC2)cc1. The van der Waals surface area contributed by atoms with Crippen LogP contribution in [-0.2, 0) is 21.4 Å². The highest BCUT2D eigenvalue weighted by molar-refractivity contribution is 7.89. The zero-order chi connectivity index (χ0) is 21.9. The number of amides is 1. The lowest BCUT2D eigenvalue weighted by Gasteiger charge is -2.25. The minimum atomic E-state index is -3.48. The van der Waals surface area contributed by atoms with Crippen LogP contribution in [0.5, 0.6) is 0 Å². The van der Waals surface area contributed by atoms with Gasteiger partial charge in [-0.1, -0.05) is 41.4 Å². The Morgan fingerprint density at radius 2 is 1.80 bits per heavy atom. The molecule has 0 radical (unpaired) electrons. The maximum Gasteiger partial charge on any atom is 0.247 e. The zero-order valence-corrected chi connectivity index (χ0v) is 19.1. The Morgan fingerprint density at radius 1 is 1.13 bits per heavy atom. The first-order chi connectivity index (χ1) is 14.2. The molecule has 1 saturated carbocycles. The summed E-state index contributed by atoms with van der Waals surface area (Å²) in [7, 11) is -3.48. The van der Waals surface area contributed by atoms with E-state index in [4.69, 9.17) is 23.2 Å². The first kappa shape index (κ1) is 22.8. The number of carbonyl (C=O) groups excluding carboxylic acids is 1. The molecule has 1 fully saturated rings. The number of hydrogen-bond donors (Lipinski definition) is 1. The second-order valence-corrected chi connectivity index (χ2v) is 10.1. The number of rotatable bonds is 8. The van der Waals surface area contributed by atoms with E-state index in [0.717, 1.165) is 24.0 Å². The van der Waals surface area contributed by atoms with Crippen molar-refractivity contribution >= 4 is 45.2 Å². The largest absolute Gasteiger partial charge is 0.332 e. The number of carbonyl (C=O) groups is 1.